The normalized spacial score (nSPS) is 10.7. The highest BCUT2D eigenvalue weighted by molar-refractivity contribution is 5.87. The van der Waals surface area contributed by atoms with Gasteiger partial charge < -0.3 is 15.2 Å². The number of carbonyl (C=O) groups is 2. The van der Waals surface area contributed by atoms with Gasteiger partial charge in [-0.3, -0.25) is 0 Å². The fraction of sp³-hybridized carbons (Fsp3) is 0.400. The van der Waals surface area contributed by atoms with Crippen LogP contribution in [-0.4, -0.2) is 25.2 Å². The van der Waals surface area contributed by atoms with Gasteiger partial charge in [0.25, 0.3) is 0 Å². The summed E-state index contributed by atoms with van der Waals surface area (Å²) in [5, 5.41) is 0. The second-order valence-corrected chi connectivity index (χ2v) is 2.97. The zero-order valence-electron chi connectivity index (χ0n) is 8.91. The molecule has 0 aromatic heterocycles. The summed E-state index contributed by atoms with van der Waals surface area (Å²) in [6.07, 6.45) is 1.15. The van der Waals surface area contributed by atoms with Crippen LogP contribution in [0.4, 0.5) is 0 Å². The maximum Gasteiger partial charge on any atom is 0.333 e. The van der Waals surface area contributed by atoms with E-state index >= 15 is 0 Å². The van der Waals surface area contributed by atoms with Crippen molar-refractivity contribution >= 4 is 11.9 Å². The molecule has 0 fully saturated rings. The van der Waals surface area contributed by atoms with Crippen molar-refractivity contribution < 1.29 is 19.1 Å². The van der Waals surface area contributed by atoms with Gasteiger partial charge in [-0.2, -0.15) is 0 Å². The maximum absolute atomic E-state index is 10.9. The molecule has 0 amide bonds. The topological polar surface area (TPSA) is 78.6 Å². The molecule has 0 aromatic carbocycles. The summed E-state index contributed by atoms with van der Waals surface area (Å²) >= 11 is 0. The third-order valence-corrected chi connectivity index (χ3v) is 1.25. The van der Waals surface area contributed by atoms with E-state index in [4.69, 9.17) is 10.5 Å². The van der Waals surface area contributed by atoms with E-state index in [0.29, 0.717) is 11.3 Å². The van der Waals surface area contributed by atoms with Crippen LogP contribution in [0.2, 0.25) is 0 Å². The first-order chi connectivity index (χ1) is 6.93. The summed E-state index contributed by atoms with van der Waals surface area (Å²) in [6.45, 7) is 6.52. The van der Waals surface area contributed by atoms with E-state index in [1.807, 2.05) is 0 Å². The predicted molar refractivity (Wildman–Crippen MR) is 54.7 cm³/mol. The first kappa shape index (κ1) is 13.2. The van der Waals surface area contributed by atoms with Gasteiger partial charge >= 0.3 is 11.9 Å². The zero-order chi connectivity index (χ0) is 11.8. The van der Waals surface area contributed by atoms with Crippen molar-refractivity contribution in [1.29, 1.82) is 0 Å². The van der Waals surface area contributed by atoms with E-state index in [0.717, 1.165) is 6.08 Å². The third-order valence-electron chi connectivity index (χ3n) is 1.25. The molecule has 84 valence electrons. The highest BCUT2D eigenvalue weighted by atomic mass is 16.6. The van der Waals surface area contributed by atoms with E-state index in [2.05, 4.69) is 11.3 Å². The number of esters is 2. The smallest absolute Gasteiger partial charge is 0.333 e. The Kier molecular flexibility index (Phi) is 5.85. The molecule has 0 aliphatic heterocycles. The minimum Gasteiger partial charge on any atom is -0.459 e. The molecular formula is C10H15NO4. The summed E-state index contributed by atoms with van der Waals surface area (Å²) in [6, 6.07) is 0. The number of carbonyl (C=O) groups excluding carboxylic acids is 2. The summed E-state index contributed by atoms with van der Waals surface area (Å²) in [4.78, 5) is 21.8. The van der Waals surface area contributed by atoms with E-state index in [9.17, 15) is 9.59 Å². The van der Waals surface area contributed by atoms with Crippen LogP contribution < -0.4 is 5.73 Å². The number of rotatable bonds is 5. The number of hydrogen-bond acceptors (Lipinski definition) is 5. The molecule has 0 rings (SSSR count). The molecule has 0 unspecified atom stereocenters. The second kappa shape index (κ2) is 6.64. The van der Waals surface area contributed by atoms with Crippen molar-refractivity contribution in [2.45, 2.75) is 13.8 Å². The van der Waals surface area contributed by atoms with Crippen molar-refractivity contribution in [3.63, 3.8) is 0 Å². The quantitative estimate of drug-likeness (QED) is 0.409. The van der Waals surface area contributed by atoms with Crippen LogP contribution in [0.25, 0.3) is 0 Å². The number of allylic oxidation sites excluding steroid dienone is 1. The SMILES string of the molecule is C=C(C)C(=O)OCCOC(=O)/C=C(/C)N. The van der Waals surface area contributed by atoms with Crippen LogP contribution in [0.3, 0.4) is 0 Å². The summed E-state index contributed by atoms with van der Waals surface area (Å²) in [5.74, 6) is -1.06. The van der Waals surface area contributed by atoms with E-state index < -0.39 is 11.9 Å². The lowest BCUT2D eigenvalue weighted by molar-refractivity contribution is -0.146. The van der Waals surface area contributed by atoms with Crippen LogP contribution in [-0.2, 0) is 19.1 Å². The Morgan fingerprint density at radius 1 is 1.27 bits per heavy atom. The lowest BCUT2D eigenvalue weighted by Crippen LogP contribution is -2.13. The van der Waals surface area contributed by atoms with Crippen LogP contribution >= 0.6 is 0 Å². The highest BCUT2D eigenvalue weighted by Crippen LogP contribution is 1.92. The Balaban J connectivity index is 3.64. The molecule has 0 aromatic rings. The Bertz CT molecular complexity index is 290. The number of hydrogen-bond donors (Lipinski definition) is 1. The molecule has 0 atom stereocenters. The van der Waals surface area contributed by atoms with Crippen LogP contribution in [0, 0.1) is 0 Å². The molecule has 0 saturated carbocycles. The molecule has 0 heterocycles. The molecule has 0 aliphatic carbocycles. The Hall–Kier alpha value is -1.78. The fourth-order valence-corrected chi connectivity index (χ4v) is 0.627. The lowest BCUT2D eigenvalue weighted by Gasteiger charge is -2.04. The molecule has 5 heteroatoms. The summed E-state index contributed by atoms with van der Waals surface area (Å²) in [5.41, 5.74) is 5.91. The minimum atomic E-state index is -0.554. The van der Waals surface area contributed by atoms with Crippen molar-refractivity contribution in [3.8, 4) is 0 Å². The van der Waals surface area contributed by atoms with E-state index in [-0.39, 0.29) is 13.2 Å². The van der Waals surface area contributed by atoms with E-state index in [1.165, 1.54) is 6.92 Å². The van der Waals surface area contributed by atoms with Crippen molar-refractivity contribution in [2.24, 2.45) is 5.73 Å². The van der Waals surface area contributed by atoms with Gasteiger partial charge in [-0.1, -0.05) is 6.58 Å². The lowest BCUT2D eigenvalue weighted by atomic mass is 10.4. The van der Waals surface area contributed by atoms with E-state index in [1.54, 1.807) is 6.92 Å². The second-order valence-electron chi connectivity index (χ2n) is 2.97. The molecule has 2 N–H and O–H groups in total. The first-order valence-electron chi connectivity index (χ1n) is 4.36. The van der Waals surface area contributed by atoms with Crippen LogP contribution in [0.5, 0.6) is 0 Å². The largest absolute Gasteiger partial charge is 0.459 e. The van der Waals surface area contributed by atoms with Crippen molar-refractivity contribution in [3.05, 3.63) is 23.9 Å². The molecular weight excluding hydrogens is 198 g/mol. The van der Waals surface area contributed by atoms with Gasteiger partial charge in [0.1, 0.15) is 13.2 Å². The van der Waals surface area contributed by atoms with Gasteiger partial charge in [0.15, 0.2) is 0 Å². The third kappa shape index (κ3) is 7.30. The average molecular weight is 213 g/mol. The molecule has 0 bridgehead atoms. The Labute approximate surface area is 88.5 Å². The van der Waals surface area contributed by atoms with Crippen LogP contribution in [0.15, 0.2) is 23.9 Å². The maximum atomic E-state index is 10.9. The van der Waals surface area contributed by atoms with Crippen molar-refractivity contribution in [1.82, 2.24) is 0 Å². The van der Waals surface area contributed by atoms with Crippen molar-refractivity contribution in [2.75, 3.05) is 13.2 Å². The first-order valence-corrected chi connectivity index (χ1v) is 4.36. The predicted octanol–water partition coefficient (Wildman–Crippen LogP) is 0.511. The monoisotopic (exact) mass is 213 g/mol. The Morgan fingerprint density at radius 2 is 1.80 bits per heavy atom. The van der Waals surface area contributed by atoms with Gasteiger partial charge in [0.2, 0.25) is 0 Å². The zero-order valence-corrected chi connectivity index (χ0v) is 8.91. The van der Waals surface area contributed by atoms with Gasteiger partial charge in [-0.15, -0.1) is 0 Å². The molecule has 0 spiro atoms. The fourth-order valence-electron chi connectivity index (χ4n) is 0.627. The molecule has 0 aliphatic rings. The minimum absolute atomic E-state index is 0.00162. The van der Waals surface area contributed by atoms with Gasteiger partial charge in [-0.25, -0.2) is 9.59 Å². The van der Waals surface area contributed by atoms with Gasteiger partial charge in [0.05, 0.1) is 0 Å². The number of nitrogens with two attached hydrogens (primary N) is 1. The number of ether oxygens (including phenoxy) is 2. The molecule has 15 heavy (non-hydrogen) atoms. The van der Waals surface area contributed by atoms with Gasteiger partial charge in [-0.05, 0) is 13.8 Å². The molecule has 0 saturated heterocycles. The highest BCUT2D eigenvalue weighted by Gasteiger charge is 2.03. The molecule has 0 radical (unpaired) electrons. The van der Waals surface area contributed by atoms with Crippen LogP contribution in [0.1, 0.15) is 13.8 Å². The average Bonchev–Trinajstić information content (AvgIpc) is 2.10. The summed E-state index contributed by atoms with van der Waals surface area (Å²) in [7, 11) is 0. The summed E-state index contributed by atoms with van der Waals surface area (Å²) < 4.78 is 9.37. The molecule has 5 nitrogen and oxygen atoms in total. The van der Waals surface area contributed by atoms with Gasteiger partial charge in [0, 0.05) is 17.3 Å². The standard InChI is InChI=1S/C10H15NO4/c1-7(2)10(13)15-5-4-14-9(12)6-8(3)11/h6H,1,4-5,11H2,2-3H3/b8-6-. The Morgan fingerprint density at radius 3 is 2.27 bits per heavy atom.